The van der Waals surface area contributed by atoms with Gasteiger partial charge in [0.1, 0.15) is 10.8 Å². The highest BCUT2D eigenvalue weighted by molar-refractivity contribution is 7.99. The van der Waals surface area contributed by atoms with Crippen LogP contribution >= 0.6 is 11.8 Å². The van der Waals surface area contributed by atoms with Crippen LogP contribution in [-0.4, -0.2) is 52.8 Å². The quantitative estimate of drug-likeness (QED) is 0.691. The Kier molecular flexibility index (Phi) is 7.08. The number of hydrogen-bond acceptors (Lipinski definition) is 7. The van der Waals surface area contributed by atoms with Crippen LogP contribution in [0.1, 0.15) is 43.0 Å². The number of nitrogens with one attached hydrogen (secondary N) is 2. The number of hydrogen-bond donors (Lipinski definition) is 2. The van der Waals surface area contributed by atoms with Gasteiger partial charge in [0.05, 0.1) is 5.56 Å². The molecule has 150 valence electrons. The van der Waals surface area contributed by atoms with Crippen molar-refractivity contribution in [3.8, 4) is 0 Å². The third-order valence-electron chi connectivity index (χ3n) is 4.79. The Labute approximate surface area is 170 Å². The SMILES string of the molecule is CCSc1ncccc1C(=O)N[C@H]1CC[C@@H](Nc2nccc(N(C)C)n2)CC1. The molecule has 2 N–H and O–H groups in total. The van der Waals surface area contributed by atoms with Gasteiger partial charge in [-0.1, -0.05) is 6.92 Å². The summed E-state index contributed by atoms with van der Waals surface area (Å²) < 4.78 is 0. The van der Waals surface area contributed by atoms with Gasteiger partial charge in [0.25, 0.3) is 5.91 Å². The summed E-state index contributed by atoms with van der Waals surface area (Å²) in [5, 5.41) is 7.42. The van der Waals surface area contributed by atoms with E-state index >= 15 is 0 Å². The smallest absolute Gasteiger partial charge is 0.254 e. The monoisotopic (exact) mass is 400 g/mol. The molecule has 28 heavy (non-hydrogen) atoms. The van der Waals surface area contributed by atoms with Gasteiger partial charge in [0.15, 0.2) is 0 Å². The Bertz CT molecular complexity index is 792. The van der Waals surface area contributed by atoms with Crippen LogP contribution in [0.3, 0.4) is 0 Å². The van der Waals surface area contributed by atoms with Crippen molar-refractivity contribution in [1.82, 2.24) is 20.3 Å². The highest BCUT2D eigenvalue weighted by Crippen LogP contribution is 2.23. The van der Waals surface area contributed by atoms with Gasteiger partial charge in [-0.2, -0.15) is 4.98 Å². The molecule has 3 rings (SSSR count). The second-order valence-electron chi connectivity index (χ2n) is 7.09. The van der Waals surface area contributed by atoms with Gasteiger partial charge >= 0.3 is 0 Å². The molecule has 1 fully saturated rings. The fourth-order valence-corrected chi connectivity index (χ4v) is 4.04. The summed E-state index contributed by atoms with van der Waals surface area (Å²) in [4.78, 5) is 27.8. The number of anilines is 2. The largest absolute Gasteiger partial charge is 0.363 e. The third kappa shape index (κ3) is 5.34. The van der Waals surface area contributed by atoms with Crippen molar-refractivity contribution >= 4 is 29.4 Å². The lowest BCUT2D eigenvalue weighted by Crippen LogP contribution is -2.40. The maximum absolute atomic E-state index is 12.7. The molecule has 0 aromatic carbocycles. The van der Waals surface area contributed by atoms with Gasteiger partial charge in [-0.15, -0.1) is 11.8 Å². The molecule has 1 aliphatic carbocycles. The second-order valence-corrected chi connectivity index (χ2v) is 8.34. The van der Waals surface area contributed by atoms with Crippen LogP contribution in [0.2, 0.25) is 0 Å². The molecule has 0 aliphatic heterocycles. The first-order valence-electron chi connectivity index (χ1n) is 9.72. The molecule has 2 aromatic heterocycles. The van der Waals surface area contributed by atoms with Gasteiger partial charge in [0.2, 0.25) is 5.95 Å². The highest BCUT2D eigenvalue weighted by atomic mass is 32.2. The molecule has 8 heteroatoms. The predicted octanol–water partition coefficient (Wildman–Crippen LogP) is 3.20. The van der Waals surface area contributed by atoms with Gasteiger partial charge < -0.3 is 15.5 Å². The van der Waals surface area contributed by atoms with Crippen LogP contribution in [-0.2, 0) is 0 Å². The molecule has 0 saturated heterocycles. The van der Waals surface area contributed by atoms with E-state index in [2.05, 4.69) is 32.5 Å². The topological polar surface area (TPSA) is 83.0 Å². The minimum absolute atomic E-state index is 0.0255. The zero-order chi connectivity index (χ0) is 19.9. The molecule has 1 amide bonds. The first kappa shape index (κ1) is 20.4. The molecular weight excluding hydrogens is 372 g/mol. The normalized spacial score (nSPS) is 19.1. The zero-order valence-corrected chi connectivity index (χ0v) is 17.5. The summed E-state index contributed by atoms with van der Waals surface area (Å²) in [7, 11) is 3.93. The fraction of sp³-hybridized carbons (Fsp3) is 0.500. The predicted molar refractivity (Wildman–Crippen MR) is 114 cm³/mol. The number of pyridine rings is 1. The molecule has 0 atom stereocenters. The number of carbonyl (C=O) groups excluding carboxylic acids is 1. The van der Waals surface area contributed by atoms with Crippen LogP contribution in [0, 0.1) is 0 Å². The van der Waals surface area contributed by atoms with E-state index in [0.717, 1.165) is 42.3 Å². The van der Waals surface area contributed by atoms with E-state index in [4.69, 9.17) is 0 Å². The van der Waals surface area contributed by atoms with Crippen molar-refractivity contribution in [2.24, 2.45) is 0 Å². The minimum atomic E-state index is -0.0255. The van der Waals surface area contributed by atoms with Crippen LogP contribution in [0.5, 0.6) is 0 Å². The number of rotatable bonds is 7. The van der Waals surface area contributed by atoms with Gasteiger partial charge in [0, 0.05) is 38.6 Å². The summed E-state index contributed by atoms with van der Waals surface area (Å²) in [5.41, 5.74) is 0.670. The van der Waals surface area contributed by atoms with Crippen molar-refractivity contribution < 1.29 is 4.79 Å². The van der Waals surface area contributed by atoms with Gasteiger partial charge in [-0.05, 0) is 49.6 Å². The van der Waals surface area contributed by atoms with E-state index in [-0.39, 0.29) is 11.9 Å². The lowest BCUT2D eigenvalue weighted by Gasteiger charge is -2.30. The summed E-state index contributed by atoms with van der Waals surface area (Å²) in [6.07, 6.45) is 7.34. The standard InChI is InChI=1S/C20H28N6OS/c1-4-28-19-16(6-5-12-21-19)18(27)23-14-7-9-15(10-8-14)24-20-22-13-11-17(25-20)26(2)3/h5-6,11-15H,4,7-10H2,1-3H3,(H,23,27)(H,22,24,25)/t14-,15+. The third-order valence-corrected chi connectivity index (χ3v) is 5.68. The summed E-state index contributed by atoms with van der Waals surface area (Å²) in [5.74, 6) is 2.42. The minimum Gasteiger partial charge on any atom is -0.363 e. The maximum atomic E-state index is 12.7. The number of amides is 1. The number of aromatic nitrogens is 3. The lowest BCUT2D eigenvalue weighted by atomic mass is 9.91. The molecule has 2 heterocycles. The van der Waals surface area contributed by atoms with Crippen molar-refractivity contribution in [3.05, 3.63) is 36.2 Å². The molecule has 0 radical (unpaired) electrons. The van der Waals surface area contributed by atoms with Crippen LogP contribution in [0.15, 0.2) is 35.6 Å². The zero-order valence-electron chi connectivity index (χ0n) is 16.7. The van der Waals surface area contributed by atoms with E-state index in [1.165, 1.54) is 0 Å². The Morgan fingerprint density at radius 1 is 1.14 bits per heavy atom. The van der Waals surface area contributed by atoms with E-state index in [0.29, 0.717) is 17.6 Å². The van der Waals surface area contributed by atoms with Gasteiger partial charge in [-0.3, -0.25) is 4.79 Å². The maximum Gasteiger partial charge on any atom is 0.254 e. The van der Waals surface area contributed by atoms with Crippen LogP contribution in [0.25, 0.3) is 0 Å². The molecular formula is C20H28N6OS. The average molecular weight is 401 g/mol. The first-order valence-corrected chi connectivity index (χ1v) is 10.7. The van der Waals surface area contributed by atoms with Crippen molar-refractivity contribution in [2.45, 2.75) is 49.7 Å². The highest BCUT2D eigenvalue weighted by Gasteiger charge is 2.24. The van der Waals surface area contributed by atoms with Crippen molar-refractivity contribution in [2.75, 3.05) is 30.1 Å². The number of carbonyl (C=O) groups is 1. The number of thioether (sulfide) groups is 1. The van der Waals surface area contributed by atoms with E-state index < -0.39 is 0 Å². The lowest BCUT2D eigenvalue weighted by molar-refractivity contribution is 0.0923. The van der Waals surface area contributed by atoms with E-state index in [1.54, 1.807) is 24.2 Å². The van der Waals surface area contributed by atoms with Gasteiger partial charge in [-0.25, -0.2) is 9.97 Å². The van der Waals surface area contributed by atoms with Crippen LogP contribution in [0.4, 0.5) is 11.8 Å². The second kappa shape index (κ2) is 9.73. The molecule has 1 aliphatic rings. The molecule has 2 aromatic rings. The average Bonchev–Trinajstić information content (AvgIpc) is 2.70. The molecule has 1 saturated carbocycles. The Morgan fingerprint density at radius 3 is 2.61 bits per heavy atom. The molecule has 0 unspecified atom stereocenters. The Balaban J connectivity index is 1.52. The van der Waals surface area contributed by atoms with E-state index in [9.17, 15) is 4.79 Å². The molecule has 0 bridgehead atoms. The summed E-state index contributed by atoms with van der Waals surface area (Å²) in [6, 6.07) is 6.08. The summed E-state index contributed by atoms with van der Waals surface area (Å²) in [6.45, 7) is 2.06. The molecule has 0 spiro atoms. The van der Waals surface area contributed by atoms with Crippen molar-refractivity contribution in [1.29, 1.82) is 0 Å². The van der Waals surface area contributed by atoms with E-state index in [1.807, 2.05) is 37.2 Å². The van der Waals surface area contributed by atoms with Crippen molar-refractivity contribution in [3.63, 3.8) is 0 Å². The van der Waals surface area contributed by atoms with Crippen LogP contribution < -0.4 is 15.5 Å². The summed E-state index contributed by atoms with van der Waals surface area (Å²) >= 11 is 1.60. The number of nitrogens with zero attached hydrogens (tertiary/aromatic N) is 4. The Morgan fingerprint density at radius 2 is 1.89 bits per heavy atom. The first-order chi connectivity index (χ1) is 13.6. The Hall–Kier alpha value is -2.35. The fourth-order valence-electron chi connectivity index (χ4n) is 3.31. The molecule has 7 nitrogen and oxygen atoms in total.